The number of sulfonamides is 1. The SMILES string of the molecule is Cc1ccc(C)c(S(=O)(=O)N[C@@H]2CCCC[C@H]2N)c1. The smallest absolute Gasteiger partial charge is 0.241 e. The van der Waals surface area contributed by atoms with Crippen LogP contribution in [0.1, 0.15) is 36.8 Å². The molecule has 1 aliphatic rings. The molecule has 0 aromatic heterocycles. The van der Waals surface area contributed by atoms with Crippen LogP contribution in [-0.2, 0) is 10.0 Å². The van der Waals surface area contributed by atoms with Crippen LogP contribution in [0.3, 0.4) is 0 Å². The Morgan fingerprint density at radius 1 is 1.21 bits per heavy atom. The maximum Gasteiger partial charge on any atom is 0.241 e. The van der Waals surface area contributed by atoms with Crippen molar-refractivity contribution in [2.45, 2.75) is 56.5 Å². The summed E-state index contributed by atoms with van der Waals surface area (Å²) in [5, 5.41) is 0. The van der Waals surface area contributed by atoms with E-state index in [9.17, 15) is 8.42 Å². The summed E-state index contributed by atoms with van der Waals surface area (Å²) < 4.78 is 27.7. The van der Waals surface area contributed by atoms with Gasteiger partial charge in [-0.2, -0.15) is 0 Å². The van der Waals surface area contributed by atoms with Gasteiger partial charge in [0.05, 0.1) is 4.90 Å². The Bertz CT molecular complexity index is 555. The molecular weight excluding hydrogens is 260 g/mol. The highest BCUT2D eigenvalue weighted by atomic mass is 32.2. The molecule has 1 aliphatic carbocycles. The van der Waals surface area contributed by atoms with E-state index in [1.165, 1.54) is 0 Å². The van der Waals surface area contributed by atoms with E-state index in [1.54, 1.807) is 6.07 Å². The first-order valence-electron chi connectivity index (χ1n) is 6.75. The van der Waals surface area contributed by atoms with Crippen LogP contribution in [0, 0.1) is 13.8 Å². The zero-order chi connectivity index (χ0) is 14.0. The molecule has 4 nitrogen and oxygen atoms in total. The lowest BCUT2D eigenvalue weighted by molar-refractivity contribution is 0.361. The Hall–Kier alpha value is -0.910. The van der Waals surface area contributed by atoms with Crippen molar-refractivity contribution in [3.8, 4) is 0 Å². The number of rotatable bonds is 3. The zero-order valence-corrected chi connectivity index (χ0v) is 12.3. The monoisotopic (exact) mass is 282 g/mol. The van der Waals surface area contributed by atoms with Gasteiger partial charge in [-0.05, 0) is 43.9 Å². The van der Waals surface area contributed by atoms with E-state index < -0.39 is 10.0 Å². The van der Waals surface area contributed by atoms with Gasteiger partial charge in [-0.3, -0.25) is 0 Å². The van der Waals surface area contributed by atoms with E-state index >= 15 is 0 Å². The molecule has 0 aliphatic heterocycles. The van der Waals surface area contributed by atoms with E-state index in [4.69, 9.17) is 5.73 Å². The second-order valence-corrected chi connectivity index (χ2v) is 7.13. The highest BCUT2D eigenvalue weighted by molar-refractivity contribution is 7.89. The van der Waals surface area contributed by atoms with E-state index in [0.29, 0.717) is 4.90 Å². The third-order valence-corrected chi connectivity index (χ3v) is 5.39. The van der Waals surface area contributed by atoms with Gasteiger partial charge >= 0.3 is 0 Å². The van der Waals surface area contributed by atoms with Crippen molar-refractivity contribution in [2.24, 2.45) is 5.73 Å². The first-order valence-corrected chi connectivity index (χ1v) is 8.23. The van der Waals surface area contributed by atoms with Crippen molar-refractivity contribution >= 4 is 10.0 Å². The summed E-state index contributed by atoms with van der Waals surface area (Å²) in [7, 11) is -3.48. The van der Waals surface area contributed by atoms with Crippen molar-refractivity contribution in [1.82, 2.24) is 4.72 Å². The summed E-state index contributed by atoms with van der Waals surface area (Å²) in [5.41, 5.74) is 7.71. The molecule has 0 bridgehead atoms. The minimum absolute atomic E-state index is 0.0753. The Kier molecular flexibility index (Phi) is 4.28. The third kappa shape index (κ3) is 3.35. The Morgan fingerprint density at radius 2 is 1.89 bits per heavy atom. The van der Waals surface area contributed by atoms with Crippen LogP contribution in [0.5, 0.6) is 0 Å². The normalized spacial score (nSPS) is 24.4. The largest absolute Gasteiger partial charge is 0.326 e. The Morgan fingerprint density at radius 3 is 2.58 bits per heavy atom. The molecule has 19 heavy (non-hydrogen) atoms. The molecule has 1 saturated carbocycles. The van der Waals surface area contributed by atoms with Crippen LogP contribution >= 0.6 is 0 Å². The van der Waals surface area contributed by atoms with Gasteiger partial charge in [0.1, 0.15) is 0 Å². The number of benzene rings is 1. The summed E-state index contributed by atoms with van der Waals surface area (Å²) in [6.45, 7) is 3.71. The fourth-order valence-corrected chi connectivity index (χ4v) is 4.22. The average molecular weight is 282 g/mol. The average Bonchev–Trinajstić information content (AvgIpc) is 2.35. The minimum Gasteiger partial charge on any atom is -0.326 e. The summed E-state index contributed by atoms with van der Waals surface area (Å²) in [6.07, 6.45) is 3.84. The molecule has 1 aromatic carbocycles. The first-order chi connectivity index (χ1) is 8.90. The molecule has 0 saturated heterocycles. The second kappa shape index (κ2) is 5.61. The summed E-state index contributed by atoms with van der Waals surface area (Å²) >= 11 is 0. The van der Waals surface area contributed by atoms with Gasteiger partial charge in [0.15, 0.2) is 0 Å². The van der Waals surface area contributed by atoms with E-state index in [1.807, 2.05) is 26.0 Å². The van der Waals surface area contributed by atoms with Gasteiger partial charge in [-0.25, -0.2) is 13.1 Å². The van der Waals surface area contributed by atoms with E-state index in [0.717, 1.165) is 36.8 Å². The highest BCUT2D eigenvalue weighted by Gasteiger charge is 2.27. The number of aryl methyl sites for hydroxylation is 2. The summed E-state index contributed by atoms with van der Waals surface area (Å²) in [5.74, 6) is 0. The molecule has 0 amide bonds. The maximum absolute atomic E-state index is 12.5. The molecule has 0 radical (unpaired) electrons. The summed E-state index contributed by atoms with van der Waals surface area (Å²) in [4.78, 5) is 0.366. The molecule has 1 aromatic rings. The first kappa shape index (κ1) is 14.5. The van der Waals surface area contributed by atoms with Crippen LogP contribution in [-0.4, -0.2) is 20.5 Å². The van der Waals surface area contributed by atoms with Crippen LogP contribution in [0.2, 0.25) is 0 Å². The molecule has 2 rings (SSSR count). The quantitative estimate of drug-likeness (QED) is 0.888. The molecule has 0 unspecified atom stereocenters. The van der Waals surface area contributed by atoms with Crippen LogP contribution in [0.4, 0.5) is 0 Å². The van der Waals surface area contributed by atoms with Gasteiger partial charge in [0.25, 0.3) is 0 Å². The predicted octanol–water partition coefficient (Wildman–Crippen LogP) is 1.85. The lowest BCUT2D eigenvalue weighted by atomic mass is 9.92. The van der Waals surface area contributed by atoms with Gasteiger partial charge < -0.3 is 5.73 Å². The fraction of sp³-hybridized carbons (Fsp3) is 0.571. The molecular formula is C14H22N2O2S. The number of hydrogen-bond acceptors (Lipinski definition) is 3. The van der Waals surface area contributed by atoms with Gasteiger partial charge in [0.2, 0.25) is 10.0 Å². The maximum atomic E-state index is 12.5. The topological polar surface area (TPSA) is 72.2 Å². The molecule has 0 spiro atoms. The zero-order valence-electron chi connectivity index (χ0n) is 11.5. The van der Waals surface area contributed by atoms with Gasteiger partial charge in [-0.1, -0.05) is 25.0 Å². The molecule has 3 N–H and O–H groups in total. The van der Waals surface area contributed by atoms with Crippen molar-refractivity contribution in [3.05, 3.63) is 29.3 Å². The fourth-order valence-electron chi connectivity index (χ4n) is 2.57. The minimum atomic E-state index is -3.48. The van der Waals surface area contributed by atoms with Crippen LogP contribution in [0.25, 0.3) is 0 Å². The predicted molar refractivity (Wildman–Crippen MR) is 76.5 cm³/mol. The number of nitrogens with two attached hydrogens (primary N) is 1. The van der Waals surface area contributed by atoms with Crippen molar-refractivity contribution in [3.63, 3.8) is 0 Å². The molecule has 5 heteroatoms. The van der Waals surface area contributed by atoms with Crippen molar-refractivity contribution in [2.75, 3.05) is 0 Å². The molecule has 2 atom stereocenters. The van der Waals surface area contributed by atoms with Gasteiger partial charge in [-0.15, -0.1) is 0 Å². The standard InChI is InChI=1S/C14H22N2O2S/c1-10-7-8-11(2)14(9-10)19(17,18)16-13-6-4-3-5-12(13)15/h7-9,12-13,16H,3-6,15H2,1-2H3/t12-,13-/m1/s1. The van der Waals surface area contributed by atoms with Crippen molar-refractivity contribution in [1.29, 1.82) is 0 Å². The number of nitrogens with one attached hydrogen (secondary N) is 1. The highest BCUT2D eigenvalue weighted by Crippen LogP contribution is 2.21. The summed E-state index contributed by atoms with van der Waals surface area (Å²) in [6, 6.07) is 5.25. The molecule has 1 fully saturated rings. The second-order valence-electron chi connectivity index (χ2n) is 5.45. The van der Waals surface area contributed by atoms with E-state index in [2.05, 4.69) is 4.72 Å². The lowest BCUT2D eigenvalue weighted by Gasteiger charge is -2.29. The van der Waals surface area contributed by atoms with Gasteiger partial charge in [0, 0.05) is 12.1 Å². The third-order valence-electron chi connectivity index (χ3n) is 3.76. The Balaban J connectivity index is 2.24. The lowest BCUT2D eigenvalue weighted by Crippen LogP contribution is -2.49. The number of hydrogen-bond donors (Lipinski definition) is 2. The Labute approximate surface area is 115 Å². The molecule has 0 heterocycles. The van der Waals surface area contributed by atoms with E-state index in [-0.39, 0.29) is 12.1 Å². The molecule has 106 valence electrons. The van der Waals surface area contributed by atoms with Crippen molar-refractivity contribution < 1.29 is 8.42 Å². The van der Waals surface area contributed by atoms with Crippen LogP contribution < -0.4 is 10.5 Å². The van der Waals surface area contributed by atoms with Crippen LogP contribution in [0.15, 0.2) is 23.1 Å².